The molecule has 488 valence electrons. The van der Waals surface area contributed by atoms with Crippen LogP contribution in [0.3, 0.4) is 0 Å². The minimum Gasteiger partial charge on any atom is -0.497 e. The van der Waals surface area contributed by atoms with E-state index in [-0.39, 0.29) is 0 Å². The van der Waals surface area contributed by atoms with Crippen molar-refractivity contribution in [2.45, 2.75) is 293 Å². The van der Waals surface area contributed by atoms with Crippen molar-refractivity contribution in [3.63, 3.8) is 0 Å². The van der Waals surface area contributed by atoms with Crippen LogP contribution in [0.15, 0.2) is 138 Å². The number of allylic oxidation sites excluding steroid dienone is 4. The Morgan fingerprint density at radius 3 is 0.778 bits per heavy atom. The van der Waals surface area contributed by atoms with Crippen LogP contribution in [-0.4, -0.2) is 80.5 Å². The highest BCUT2D eigenvalue weighted by Crippen LogP contribution is 2.75. The lowest BCUT2D eigenvalue weighted by molar-refractivity contribution is -0.114. The zero-order valence-corrected chi connectivity index (χ0v) is 64.1. The van der Waals surface area contributed by atoms with Gasteiger partial charge in [-0.15, -0.1) is 0 Å². The molecule has 0 aromatic heterocycles. The van der Waals surface area contributed by atoms with Crippen molar-refractivity contribution >= 4 is 43.9 Å². The van der Waals surface area contributed by atoms with Gasteiger partial charge < -0.3 is 28.4 Å². The summed E-state index contributed by atoms with van der Waals surface area (Å²) in [5, 5.41) is 5.66. The maximum Gasteiger partial charge on any atom is 0.187 e. The number of hydrogen-bond donors (Lipinski definition) is 0. The summed E-state index contributed by atoms with van der Waals surface area (Å²) >= 11 is 0. The van der Waals surface area contributed by atoms with E-state index in [4.69, 9.17) is 28.4 Å². The van der Waals surface area contributed by atoms with E-state index in [1.165, 1.54) is 44.6 Å². The molecule has 8 aliphatic carbocycles. The first-order valence-corrected chi connectivity index (χ1v) is 44.0. The van der Waals surface area contributed by atoms with Crippen LogP contribution in [0.5, 0.6) is 11.5 Å². The molecule has 0 N–H and O–H groups in total. The number of ether oxygens (including phenoxy) is 6. The zero-order valence-electron chi connectivity index (χ0n) is 60.1. The number of fused-ring (bicyclic) bond motifs is 4. The van der Waals surface area contributed by atoms with Gasteiger partial charge in [-0.3, -0.25) is 9.59 Å². The minimum atomic E-state index is -2.32. The van der Waals surface area contributed by atoms with E-state index in [2.05, 4.69) is 215 Å². The monoisotopic (exact) mass is 1290 g/mol. The van der Waals surface area contributed by atoms with Gasteiger partial charge in [0.25, 0.3) is 0 Å². The van der Waals surface area contributed by atoms with Gasteiger partial charge >= 0.3 is 0 Å². The summed E-state index contributed by atoms with van der Waals surface area (Å²) in [6.07, 6.45) is 11.6. The van der Waals surface area contributed by atoms with Crippen LogP contribution in [0.1, 0.15) is 216 Å². The molecule has 2 aliphatic heterocycles. The first kappa shape index (κ1) is 67.4. The average Bonchev–Trinajstić information content (AvgIpc) is 1.47. The highest BCUT2D eigenvalue weighted by atomic mass is 28.3. The van der Waals surface area contributed by atoms with Crippen molar-refractivity contribution in [3.05, 3.63) is 149 Å². The third-order valence-electron chi connectivity index (χ3n) is 25.8. The van der Waals surface area contributed by atoms with E-state index in [1.807, 2.05) is 24.3 Å². The smallest absolute Gasteiger partial charge is 0.187 e. The third kappa shape index (κ3) is 8.43. The molecule has 0 amide bonds. The molecule has 2 saturated heterocycles. The molecule has 90 heavy (non-hydrogen) atoms. The summed E-state index contributed by atoms with van der Waals surface area (Å²) in [6.45, 7) is 57.9. The lowest BCUT2D eigenvalue weighted by Gasteiger charge is -2.51. The Bertz CT molecular complexity index is 3220. The highest BCUT2D eigenvalue weighted by molar-refractivity contribution is 6.95. The molecule has 10 aliphatic rings. The fourth-order valence-electron chi connectivity index (χ4n) is 23.6. The Kier molecular flexibility index (Phi) is 17.1. The molecule has 12 heteroatoms. The van der Waals surface area contributed by atoms with Crippen LogP contribution in [-0.2, 0) is 28.5 Å². The SMILES string of the molecule is COc1ccc([C@H]2O[C@@]34C=C5CC(=O)C([Si](C(C)C)(C(C)C)C(C)C)=C5[C@@]3(C=C3CC([Si](C(C)C)(C(C)C)C(C)C)=C34)O2)cc1.COc1ccc([C@H]2O[C@@]34C=C5CC(=O)C([Si](C(C)C)(C(C)C)C(C)C)=C5[C@@]3(C=C3CC([Si](C(C)C)(C(C)C)C(C)C)=C34)O2)cc1. The number of carbonyl (C=O) groups is 2. The highest BCUT2D eigenvalue weighted by Gasteiger charge is 2.78. The van der Waals surface area contributed by atoms with E-state index in [0.717, 1.165) is 45.9 Å². The zero-order chi connectivity index (χ0) is 66.0. The van der Waals surface area contributed by atoms with Gasteiger partial charge in [0.05, 0.1) is 46.5 Å². The van der Waals surface area contributed by atoms with E-state index in [0.29, 0.717) is 90.9 Å². The van der Waals surface area contributed by atoms with Crippen molar-refractivity contribution in [3.8, 4) is 11.5 Å². The molecular formula is C78H112O8Si4. The van der Waals surface area contributed by atoms with Gasteiger partial charge in [0, 0.05) is 24.0 Å². The number of ketones is 2. The molecule has 2 aromatic carbocycles. The molecule has 0 spiro atoms. The summed E-state index contributed by atoms with van der Waals surface area (Å²) in [4.78, 5) is 28.8. The van der Waals surface area contributed by atoms with E-state index >= 15 is 0 Å². The first-order chi connectivity index (χ1) is 42.1. The van der Waals surface area contributed by atoms with Crippen molar-refractivity contribution in [1.82, 2.24) is 0 Å². The quantitative estimate of drug-likeness (QED) is 0.121. The predicted octanol–water partition coefficient (Wildman–Crippen LogP) is 21.0. The summed E-state index contributed by atoms with van der Waals surface area (Å²) in [7, 11) is -5.13. The largest absolute Gasteiger partial charge is 0.497 e. The van der Waals surface area contributed by atoms with Gasteiger partial charge in [-0.05, 0) is 183 Å². The maximum atomic E-state index is 14.4. The summed E-state index contributed by atoms with van der Waals surface area (Å²) < 4.78 is 40.6. The molecule has 0 saturated carbocycles. The van der Waals surface area contributed by atoms with Crippen molar-refractivity contribution in [2.24, 2.45) is 0 Å². The van der Waals surface area contributed by atoms with Gasteiger partial charge in [0.15, 0.2) is 46.6 Å². The predicted molar refractivity (Wildman–Crippen MR) is 380 cm³/mol. The molecule has 12 rings (SSSR count). The Morgan fingerprint density at radius 2 is 0.556 bits per heavy atom. The van der Waals surface area contributed by atoms with Gasteiger partial charge in [0.2, 0.25) is 0 Å². The topological polar surface area (TPSA) is 89.5 Å². The van der Waals surface area contributed by atoms with Gasteiger partial charge in [0.1, 0.15) is 11.5 Å². The number of methoxy groups -OCH3 is 2. The molecular weight excluding hydrogens is 1180 g/mol. The molecule has 0 bridgehead atoms. The Morgan fingerprint density at radius 1 is 0.333 bits per heavy atom. The number of carbonyl (C=O) groups excluding carboxylic acids is 2. The molecule has 8 nitrogen and oxygen atoms in total. The summed E-state index contributed by atoms with van der Waals surface area (Å²) in [6, 6.07) is 16.2. The summed E-state index contributed by atoms with van der Waals surface area (Å²) in [5.41, 5.74) is 15.5. The standard InChI is InChI=1S/2C39H56O4Si2/c2*1-22(2)44(23(3)4,24(5)6)33-19-30-21-39-35-29(18-32(40)36(35)45(25(7)8,26(9)10)27(11)12)20-38(39,34(30)33)42-37(43-39)28-14-16-31(41-13)17-15-28/h2*14-17,20-27,37H,18-19H2,1-13H3/t2*37-,38+,39+/m00/s1. The Hall–Kier alpha value is -3.99. The molecule has 2 fully saturated rings. The Labute approximate surface area is 547 Å². The van der Waals surface area contributed by atoms with E-state index in [1.54, 1.807) is 24.6 Å². The fourth-order valence-corrected chi connectivity index (χ4v) is 52.5. The molecule has 6 atom stereocenters. The molecule has 0 radical (unpaired) electrons. The van der Waals surface area contributed by atoms with Crippen molar-refractivity contribution in [2.75, 3.05) is 14.2 Å². The van der Waals surface area contributed by atoms with Crippen LogP contribution in [0.4, 0.5) is 0 Å². The molecule has 2 aromatic rings. The van der Waals surface area contributed by atoms with Crippen LogP contribution in [0, 0.1) is 0 Å². The van der Waals surface area contributed by atoms with Crippen LogP contribution < -0.4 is 9.47 Å². The third-order valence-corrected chi connectivity index (χ3v) is 54.5. The second-order valence-electron chi connectivity index (χ2n) is 32.7. The van der Waals surface area contributed by atoms with Gasteiger partial charge in [-0.2, -0.15) is 0 Å². The van der Waals surface area contributed by atoms with Crippen LogP contribution >= 0.6 is 0 Å². The van der Waals surface area contributed by atoms with Crippen LogP contribution in [0.2, 0.25) is 66.5 Å². The number of rotatable bonds is 20. The second-order valence-corrected chi connectivity index (χ2v) is 56.2. The van der Waals surface area contributed by atoms with Gasteiger partial charge in [-0.25, -0.2) is 0 Å². The van der Waals surface area contributed by atoms with Gasteiger partial charge in [-0.1, -0.05) is 201 Å². The number of Topliss-reactive ketones (excluding diaryl/α,β-unsaturated/α-hetero) is 2. The maximum absolute atomic E-state index is 14.4. The first-order valence-electron chi connectivity index (χ1n) is 35.1. The van der Waals surface area contributed by atoms with E-state index < -0.39 is 67.3 Å². The normalized spacial score (nSPS) is 27.7. The van der Waals surface area contributed by atoms with E-state index in [9.17, 15) is 9.59 Å². The summed E-state index contributed by atoms with van der Waals surface area (Å²) in [5.74, 6) is 2.30. The lowest BCUT2D eigenvalue weighted by Crippen LogP contribution is -2.54. The van der Waals surface area contributed by atoms with Crippen molar-refractivity contribution < 1.29 is 38.0 Å². The van der Waals surface area contributed by atoms with Crippen LogP contribution in [0.25, 0.3) is 0 Å². The number of hydrogen-bond acceptors (Lipinski definition) is 8. The Balaban J connectivity index is 0.000000185. The lowest BCUT2D eigenvalue weighted by atomic mass is 9.79. The second kappa shape index (κ2) is 22.9. The van der Waals surface area contributed by atoms with Crippen molar-refractivity contribution in [1.29, 1.82) is 0 Å². The minimum absolute atomic E-state index is 0.334. The molecule has 0 unspecified atom stereocenters. The number of benzene rings is 2. The molecule has 2 heterocycles. The fraction of sp³-hybridized carbons (Fsp3) is 0.615. The average molecular weight is 1290 g/mol.